The lowest BCUT2D eigenvalue weighted by Gasteiger charge is -2.24. The standard InChI is InChI=1S/C34H28N2O6/c1-4-22-16-11-17-27-28(22)30(42-34(40)24-14-9-6-10-15-24)29(32(38)35(27)2)33(39)36(25-18-20-26(41-3)21-19-25)31(37)23-12-7-5-8-13-23/h5-21H,4H2,1-3H3. The number of methoxy groups -OCH3 is 1. The van der Waals surface area contributed by atoms with Gasteiger partial charge in [0.15, 0.2) is 5.75 Å². The van der Waals surface area contributed by atoms with Crippen LogP contribution in [0.15, 0.2) is 108 Å². The fourth-order valence-corrected chi connectivity index (χ4v) is 4.82. The Morgan fingerprint density at radius 2 is 1.38 bits per heavy atom. The Kier molecular flexibility index (Phi) is 7.97. The smallest absolute Gasteiger partial charge is 0.343 e. The molecular weight excluding hydrogens is 532 g/mol. The number of hydrogen-bond acceptors (Lipinski definition) is 6. The van der Waals surface area contributed by atoms with Crippen LogP contribution in [-0.4, -0.2) is 29.5 Å². The second kappa shape index (κ2) is 11.9. The van der Waals surface area contributed by atoms with E-state index in [1.807, 2.05) is 13.0 Å². The number of rotatable bonds is 7. The first-order valence-electron chi connectivity index (χ1n) is 13.3. The van der Waals surface area contributed by atoms with Crippen molar-refractivity contribution in [1.29, 1.82) is 0 Å². The van der Waals surface area contributed by atoms with Crippen molar-refractivity contribution in [3.8, 4) is 11.5 Å². The molecule has 0 saturated heterocycles. The van der Waals surface area contributed by atoms with Crippen molar-refractivity contribution in [2.45, 2.75) is 13.3 Å². The first-order valence-corrected chi connectivity index (χ1v) is 13.3. The van der Waals surface area contributed by atoms with Gasteiger partial charge in [-0.2, -0.15) is 0 Å². The van der Waals surface area contributed by atoms with Crippen LogP contribution in [-0.2, 0) is 13.5 Å². The number of hydrogen-bond donors (Lipinski definition) is 0. The maximum atomic E-state index is 14.5. The van der Waals surface area contributed by atoms with Gasteiger partial charge >= 0.3 is 5.97 Å². The van der Waals surface area contributed by atoms with Gasteiger partial charge in [0.2, 0.25) is 0 Å². The van der Waals surface area contributed by atoms with Gasteiger partial charge in [0.25, 0.3) is 17.4 Å². The summed E-state index contributed by atoms with van der Waals surface area (Å²) in [4.78, 5) is 56.7. The van der Waals surface area contributed by atoms with E-state index >= 15 is 0 Å². The number of fused-ring (bicyclic) bond motifs is 1. The number of amides is 2. The predicted octanol–water partition coefficient (Wildman–Crippen LogP) is 5.82. The summed E-state index contributed by atoms with van der Waals surface area (Å²) in [5.74, 6) is -2.00. The Labute approximate surface area is 242 Å². The highest BCUT2D eigenvalue weighted by atomic mass is 16.5. The van der Waals surface area contributed by atoms with E-state index in [1.165, 1.54) is 11.7 Å². The number of anilines is 1. The van der Waals surface area contributed by atoms with E-state index in [0.717, 1.165) is 10.5 Å². The van der Waals surface area contributed by atoms with E-state index in [2.05, 4.69) is 0 Å². The molecule has 0 spiro atoms. The molecule has 1 heterocycles. The van der Waals surface area contributed by atoms with Crippen LogP contribution in [0.2, 0.25) is 0 Å². The van der Waals surface area contributed by atoms with Crippen LogP contribution in [0.3, 0.4) is 0 Å². The number of nitrogens with zero attached hydrogens (tertiary/aromatic N) is 2. The Balaban J connectivity index is 1.78. The number of ether oxygens (including phenoxy) is 2. The van der Waals surface area contributed by atoms with Crippen LogP contribution in [0.4, 0.5) is 5.69 Å². The molecule has 0 unspecified atom stereocenters. The number of carbonyl (C=O) groups is 3. The van der Waals surface area contributed by atoms with Crippen LogP contribution in [0, 0.1) is 0 Å². The third kappa shape index (κ3) is 5.17. The highest BCUT2D eigenvalue weighted by molar-refractivity contribution is 6.27. The molecular formula is C34H28N2O6. The average Bonchev–Trinajstić information content (AvgIpc) is 3.04. The fourth-order valence-electron chi connectivity index (χ4n) is 4.82. The minimum absolute atomic E-state index is 0.191. The van der Waals surface area contributed by atoms with Crippen molar-refractivity contribution in [2.75, 3.05) is 12.0 Å². The SMILES string of the molecule is CCc1cccc2c1c(OC(=O)c1ccccc1)c(C(=O)N(C(=O)c1ccccc1)c1ccc(OC)cc1)c(=O)n2C. The summed E-state index contributed by atoms with van der Waals surface area (Å²) >= 11 is 0. The normalized spacial score (nSPS) is 10.7. The van der Waals surface area contributed by atoms with Gasteiger partial charge in [-0.25, -0.2) is 9.69 Å². The van der Waals surface area contributed by atoms with E-state index in [9.17, 15) is 19.2 Å². The summed E-state index contributed by atoms with van der Waals surface area (Å²) in [5, 5.41) is 0.441. The lowest BCUT2D eigenvalue weighted by molar-refractivity contribution is 0.0734. The van der Waals surface area contributed by atoms with Crippen molar-refractivity contribution in [2.24, 2.45) is 7.05 Å². The maximum Gasteiger partial charge on any atom is 0.343 e. The second-order valence-corrected chi connectivity index (χ2v) is 9.50. The van der Waals surface area contributed by atoms with Gasteiger partial charge in [0.1, 0.15) is 11.3 Å². The summed E-state index contributed by atoms with van der Waals surface area (Å²) in [6.45, 7) is 1.92. The zero-order chi connectivity index (χ0) is 29.8. The van der Waals surface area contributed by atoms with E-state index in [1.54, 1.807) is 104 Å². The highest BCUT2D eigenvalue weighted by Gasteiger charge is 2.34. The van der Waals surface area contributed by atoms with Crippen molar-refractivity contribution < 1.29 is 23.9 Å². The molecule has 0 atom stereocenters. The molecule has 5 aromatic rings. The lowest BCUT2D eigenvalue weighted by atomic mass is 10.0. The summed E-state index contributed by atoms with van der Waals surface area (Å²) in [5.41, 5.74) is 0.783. The van der Waals surface area contributed by atoms with Crippen molar-refractivity contribution in [1.82, 2.24) is 4.57 Å². The highest BCUT2D eigenvalue weighted by Crippen LogP contribution is 2.34. The number of esters is 1. The molecule has 5 rings (SSSR count). The number of benzene rings is 4. The van der Waals surface area contributed by atoms with Crippen molar-refractivity contribution in [3.05, 3.63) is 136 Å². The first kappa shape index (κ1) is 28.0. The molecule has 0 aliphatic rings. The van der Waals surface area contributed by atoms with Crippen molar-refractivity contribution >= 4 is 34.4 Å². The molecule has 1 aromatic heterocycles. The quantitative estimate of drug-likeness (QED) is 0.184. The zero-order valence-corrected chi connectivity index (χ0v) is 23.4. The molecule has 0 fully saturated rings. The van der Waals surface area contributed by atoms with Gasteiger partial charge in [0.05, 0.1) is 23.9 Å². The van der Waals surface area contributed by atoms with E-state index in [-0.39, 0.29) is 22.6 Å². The molecule has 0 aliphatic carbocycles. The van der Waals surface area contributed by atoms with Crippen molar-refractivity contribution in [3.63, 3.8) is 0 Å². The Hall–Kier alpha value is -5.50. The molecule has 42 heavy (non-hydrogen) atoms. The molecule has 4 aromatic carbocycles. The largest absolute Gasteiger partial charge is 0.497 e. The van der Waals surface area contributed by atoms with E-state index < -0.39 is 28.9 Å². The Bertz CT molecular complexity index is 1850. The van der Waals surface area contributed by atoms with Gasteiger partial charge in [-0.15, -0.1) is 0 Å². The van der Waals surface area contributed by atoms with E-state index in [0.29, 0.717) is 23.1 Å². The molecule has 8 heteroatoms. The molecule has 0 radical (unpaired) electrons. The predicted molar refractivity (Wildman–Crippen MR) is 161 cm³/mol. The maximum absolute atomic E-state index is 14.5. The third-order valence-corrected chi connectivity index (χ3v) is 7.02. The molecule has 0 aliphatic heterocycles. The van der Waals surface area contributed by atoms with Crippen LogP contribution >= 0.6 is 0 Å². The summed E-state index contributed by atoms with van der Waals surface area (Å²) in [7, 11) is 3.05. The average molecular weight is 561 g/mol. The van der Waals surface area contributed by atoms with Crippen LogP contribution in [0.5, 0.6) is 11.5 Å². The Morgan fingerprint density at radius 1 is 0.762 bits per heavy atom. The fraction of sp³-hybridized carbons (Fsp3) is 0.118. The number of aromatic nitrogens is 1. The monoisotopic (exact) mass is 560 g/mol. The topological polar surface area (TPSA) is 94.9 Å². The van der Waals surface area contributed by atoms with Crippen LogP contribution < -0.4 is 19.9 Å². The van der Waals surface area contributed by atoms with Gasteiger partial charge in [-0.1, -0.05) is 55.5 Å². The summed E-state index contributed by atoms with van der Waals surface area (Å²) < 4.78 is 12.5. The number of aryl methyl sites for hydroxylation is 2. The number of imide groups is 1. The Morgan fingerprint density at radius 3 is 1.98 bits per heavy atom. The van der Waals surface area contributed by atoms with E-state index in [4.69, 9.17) is 9.47 Å². The molecule has 8 nitrogen and oxygen atoms in total. The molecule has 2 amide bonds. The molecule has 0 N–H and O–H groups in total. The minimum Gasteiger partial charge on any atom is -0.497 e. The molecule has 0 saturated carbocycles. The number of carbonyl (C=O) groups excluding carboxylic acids is 3. The van der Waals surface area contributed by atoms with Gasteiger partial charge in [-0.3, -0.25) is 14.4 Å². The summed E-state index contributed by atoms with van der Waals surface area (Å²) in [6, 6.07) is 28.3. The van der Waals surface area contributed by atoms with Crippen LogP contribution in [0.25, 0.3) is 10.9 Å². The molecule has 0 bridgehead atoms. The minimum atomic E-state index is -0.932. The first-order chi connectivity index (χ1) is 20.3. The second-order valence-electron chi connectivity index (χ2n) is 9.50. The third-order valence-electron chi connectivity index (χ3n) is 7.02. The lowest BCUT2D eigenvalue weighted by Crippen LogP contribution is -2.41. The summed E-state index contributed by atoms with van der Waals surface area (Å²) in [6.07, 6.45) is 0.532. The number of pyridine rings is 1. The zero-order valence-electron chi connectivity index (χ0n) is 23.4. The van der Waals surface area contributed by atoms with Gasteiger partial charge in [0, 0.05) is 18.0 Å². The van der Waals surface area contributed by atoms with Crippen LogP contribution in [0.1, 0.15) is 43.6 Å². The van der Waals surface area contributed by atoms with Gasteiger partial charge in [-0.05, 0) is 66.6 Å². The molecule has 210 valence electrons. The van der Waals surface area contributed by atoms with Gasteiger partial charge < -0.3 is 14.0 Å².